The van der Waals surface area contributed by atoms with E-state index < -0.39 is 0 Å². The maximum atomic E-state index is 11.8. The topological polar surface area (TPSA) is 29.4 Å². The molecule has 0 aliphatic carbocycles. The van der Waals surface area contributed by atoms with Crippen LogP contribution >= 0.6 is 0 Å². The highest BCUT2D eigenvalue weighted by molar-refractivity contribution is 6.08. The van der Waals surface area contributed by atoms with Crippen LogP contribution in [0.5, 0.6) is 0 Å². The normalized spacial score (nSPS) is 9.56. The van der Waals surface area contributed by atoms with Crippen LogP contribution in [-0.4, -0.2) is 11.8 Å². The zero-order chi connectivity index (χ0) is 11.4. The molecule has 16 heavy (non-hydrogen) atoms. The van der Waals surface area contributed by atoms with Crippen LogP contribution in [0.15, 0.2) is 53.5 Å². The van der Waals surface area contributed by atoms with Gasteiger partial charge in [0.05, 0.1) is 5.56 Å². The molecular weight excluding hydrogens is 198 g/mol. The van der Waals surface area contributed by atoms with E-state index in [1.165, 1.54) is 0 Å². The molecule has 0 saturated heterocycles. The summed E-state index contributed by atoms with van der Waals surface area (Å²) in [7, 11) is 0. The molecule has 0 spiro atoms. The van der Waals surface area contributed by atoms with Crippen molar-refractivity contribution in [2.24, 2.45) is 4.99 Å². The van der Waals surface area contributed by atoms with Gasteiger partial charge in [-0.15, -0.1) is 0 Å². The Morgan fingerprint density at radius 3 is 2.75 bits per heavy atom. The second kappa shape index (κ2) is 4.56. The molecule has 2 aromatic rings. The van der Waals surface area contributed by atoms with Crippen molar-refractivity contribution < 1.29 is 4.79 Å². The Kier molecular flexibility index (Phi) is 2.95. The first-order valence-electron chi connectivity index (χ1n) is 5.09. The number of amides is 1. The molecule has 2 aromatic carbocycles. The highest BCUT2D eigenvalue weighted by atomic mass is 16.1. The van der Waals surface area contributed by atoms with Gasteiger partial charge in [0.1, 0.15) is 0 Å². The first kappa shape index (κ1) is 10.3. The highest BCUT2D eigenvalue weighted by Gasteiger charge is 2.06. The van der Waals surface area contributed by atoms with E-state index >= 15 is 0 Å². The number of allylic oxidation sites excluding steroid dienone is 1. The van der Waals surface area contributed by atoms with E-state index in [4.69, 9.17) is 0 Å². The lowest BCUT2D eigenvalue weighted by Gasteiger charge is -2.01. The van der Waals surface area contributed by atoms with Crippen LogP contribution in [0.25, 0.3) is 10.8 Å². The van der Waals surface area contributed by atoms with Gasteiger partial charge < -0.3 is 0 Å². The van der Waals surface area contributed by atoms with Gasteiger partial charge in [0.15, 0.2) is 0 Å². The number of rotatable bonds is 1. The minimum Gasteiger partial charge on any atom is -0.266 e. The van der Waals surface area contributed by atoms with E-state index in [1.54, 1.807) is 19.1 Å². The van der Waals surface area contributed by atoms with Gasteiger partial charge in [0, 0.05) is 0 Å². The van der Waals surface area contributed by atoms with Gasteiger partial charge in [-0.25, -0.2) is 0 Å². The summed E-state index contributed by atoms with van der Waals surface area (Å²) >= 11 is 0. The third-order valence-electron chi connectivity index (χ3n) is 2.32. The molecule has 0 atom stereocenters. The largest absolute Gasteiger partial charge is 0.285 e. The first-order valence-corrected chi connectivity index (χ1v) is 5.09. The van der Waals surface area contributed by atoms with Crippen LogP contribution in [0.2, 0.25) is 0 Å². The summed E-state index contributed by atoms with van der Waals surface area (Å²) in [6.45, 7) is 1.78. The van der Waals surface area contributed by atoms with Gasteiger partial charge >= 0.3 is 0 Å². The molecular formula is C14H11NO. The smallest absolute Gasteiger partial charge is 0.266 e. The van der Waals surface area contributed by atoms with E-state index in [1.807, 2.05) is 36.4 Å². The van der Waals surface area contributed by atoms with Crippen molar-refractivity contribution in [1.29, 1.82) is 0 Å². The Balaban J connectivity index is 2.61. The van der Waals surface area contributed by atoms with Gasteiger partial charge in [-0.3, -0.25) is 4.79 Å². The molecule has 2 nitrogen and oxygen atoms in total. The van der Waals surface area contributed by atoms with Crippen LogP contribution in [0.3, 0.4) is 0 Å². The van der Waals surface area contributed by atoms with Crippen molar-refractivity contribution in [3.05, 3.63) is 54.1 Å². The quantitative estimate of drug-likeness (QED) is 0.663. The molecule has 0 N–H and O–H groups in total. The number of hydrogen-bond donors (Lipinski definition) is 0. The average molecular weight is 209 g/mol. The van der Waals surface area contributed by atoms with E-state index in [-0.39, 0.29) is 5.91 Å². The van der Waals surface area contributed by atoms with Gasteiger partial charge in [-0.2, -0.15) is 4.99 Å². The van der Waals surface area contributed by atoms with Crippen molar-refractivity contribution in [3.8, 4) is 0 Å². The molecule has 0 saturated carbocycles. The Bertz CT molecular complexity index is 587. The van der Waals surface area contributed by atoms with Gasteiger partial charge in [-0.05, 0) is 35.7 Å². The second-order valence-electron chi connectivity index (χ2n) is 3.36. The Morgan fingerprint density at radius 1 is 1.19 bits per heavy atom. The minimum atomic E-state index is -0.255. The van der Waals surface area contributed by atoms with Crippen molar-refractivity contribution in [2.45, 2.75) is 6.92 Å². The summed E-state index contributed by atoms with van der Waals surface area (Å²) < 4.78 is 0. The molecule has 2 heteroatoms. The van der Waals surface area contributed by atoms with Crippen LogP contribution in [0.4, 0.5) is 0 Å². The van der Waals surface area contributed by atoms with Crippen molar-refractivity contribution >= 4 is 22.5 Å². The van der Waals surface area contributed by atoms with Crippen LogP contribution in [-0.2, 0) is 0 Å². The SMILES string of the molecule is CC=C=NC(=O)c1cccc2ccccc12. The van der Waals surface area contributed by atoms with E-state index in [0.717, 1.165) is 10.8 Å². The van der Waals surface area contributed by atoms with Crippen LogP contribution in [0.1, 0.15) is 17.3 Å². The molecule has 0 unspecified atom stereocenters. The number of carbonyl (C=O) groups excluding carboxylic acids is 1. The Hall–Kier alpha value is -2.18. The lowest BCUT2D eigenvalue weighted by Crippen LogP contribution is -1.95. The molecule has 0 radical (unpaired) electrons. The predicted octanol–water partition coefficient (Wildman–Crippen LogP) is 3.23. The average Bonchev–Trinajstić information content (AvgIpc) is 2.35. The summed E-state index contributed by atoms with van der Waals surface area (Å²) in [5.41, 5.74) is 0.618. The molecule has 0 aliphatic heterocycles. The summed E-state index contributed by atoms with van der Waals surface area (Å²) in [6.07, 6.45) is 1.61. The molecule has 0 aliphatic rings. The minimum absolute atomic E-state index is 0.255. The molecule has 0 heterocycles. The fourth-order valence-corrected chi connectivity index (χ4v) is 1.60. The van der Waals surface area contributed by atoms with Gasteiger partial charge in [-0.1, -0.05) is 36.4 Å². The number of hydrogen-bond acceptors (Lipinski definition) is 1. The van der Waals surface area contributed by atoms with E-state index in [0.29, 0.717) is 5.56 Å². The second-order valence-corrected chi connectivity index (χ2v) is 3.36. The maximum Gasteiger partial charge on any atom is 0.285 e. The van der Waals surface area contributed by atoms with Crippen LogP contribution in [0, 0.1) is 0 Å². The molecule has 78 valence electrons. The molecule has 0 bridgehead atoms. The lowest BCUT2D eigenvalue weighted by atomic mass is 10.0. The standard InChI is InChI=1S/C14H11NO/c1-2-10-15-14(16)13-9-5-7-11-6-3-4-8-12(11)13/h2-9H,1H3. The summed E-state index contributed by atoms with van der Waals surface area (Å²) in [5, 5.41) is 1.97. The number of aliphatic imine (C=N–C) groups is 1. The third-order valence-corrected chi connectivity index (χ3v) is 2.32. The number of nitrogens with zero attached hydrogens (tertiary/aromatic N) is 1. The Labute approximate surface area is 93.9 Å². The fraction of sp³-hybridized carbons (Fsp3) is 0.0714. The predicted molar refractivity (Wildman–Crippen MR) is 66.0 cm³/mol. The van der Waals surface area contributed by atoms with Crippen LogP contribution < -0.4 is 0 Å². The number of benzene rings is 2. The van der Waals surface area contributed by atoms with Crippen molar-refractivity contribution in [2.75, 3.05) is 0 Å². The maximum absolute atomic E-state index is 11.8. The van der Waals surface area contributed by atoms with Gasteiger partial charge in [0.2, 0.25) is 0 Å². The van der Waals surface area contributed by atoms with Gasteiger partial charge in [0.25, 0.3) is 5.91 Å². The first-order chi connectivity index (χ1) is 7.83. The summed E-state index contributed by atoms with van der Waals surface area (Å²) in [6, 6.07) is 13.4. The third kappa shape index (κ3) is 1.92. The fourth-order valence-electron chi connectivity index (χ4n) is 1.60. The molecule has 1 amide bonds. The monoisotopic (exact) mass is 209 g/mol. The number of carbonyl (C=O) groups is 1. The van der Waals surface area contributed by atoms with Crippen molar-refractivity contribution in [3.63, 3.8) is 0 Å². The summed E-state index contributed by atoms with van der Waals surface area (Å²) in [5.74, 6) is 2.31. The van der Waals surface area contributed by atoms with E-state index in [2.05, 4.69) is 10.9 Å². The molecule has 0 fully saturated rings. The summed E-state index contributed by atoms with van der Waals surface area (Å²) in [4.78, 5) is 15.5. The van der Waals surface area contributed by atoms with Crippen molar-refractivity contribution in [1.82, 2.24) is 0 Å². The molecule has 2 rings (SSSR count). The lowest BCUT2D eigenvalue weighted by molar-refractivity contribution is 0.100. The Morgan fingerprint density at radius 2 is 1.94 bits per heavy atom. The zero-order valence-electron chi connectivity index (χ0n) is 8.97. The highest BCUT2D eigenvalue weighted by Crippen LogP contribution is 2.18. The van der Waals surface area contributed by atoms with E-state index in [9.17, 15) is 4.79 Å². The molecule has 0 aromatic heterocycles. The zero-order valence-corrected chi connectivity index (χ0v) is 8.97. The number of fused-ring (bicyclic) bond motifs is 1.